The smallest absolute Gasteiger partial charge is 0.257 e. The van der Waals surface area contributed by atoms with Crippen LogP contribution in [0.4, 0.5) is 0 Å². The molecule has 6 heteroatoms. The lowest BCUT2D eigenvalue weighted by Crippen LogP contribution is -2.30. The number of carbonyl (C=O) groups excluding carboxylic acids is 1. The number of allylic oxidation sites excluding steroid dienone is 1. The van der Waals surface area contributed by atoms with E-state index in [1.807, 2.05) is 18.2 Å². The predicted octanol–water partition coefficient (Wildman–Crippen LogP) is 5.15. The van der Waals surface area contributed by atoms with Gasteiger partial charge in [0.05, 0.1) is 4.47 Å². The van der Waals surface area contributed by atoms with Crippen molar-refractivity contribution in [3.63, 3.8) is 0 Å². The van der Waals surface area contributed by atoms with Crippen molar-refractivity contribution in [1.29, 1.82) is 0 Å². The summed E-state index contributed by atoms with van der Waals surface area (Å²) >= 11 is 7.01. The van der Waals surface area contributed by atoms with E-state index in [-0.39, 0.29) is 12.5 Å². The van der Waals surface area contributed by atoms with Gasteiger partial charge in [0, 0.05) is 22.6 Å². The van der Waals surface area contributed by atoms with Gasteiger partial charge in [0.25, 0.3) is 5.91 Å². The molecule has 2 aromatic rings. The molecule has 0 spiro atoms. The molecule has 1 aliphatic carbocycles. The van der Waals surface area contributed by atoms with Crippen molar-refractivity contribution >= 4 is 48.7 Å². The first-order valence-electron chi connectivity index (χ1n) is 8.45. The number of ether oxygens (including phenoxy) is 1. The Hall–Kier alpha value is -1.40. The van der Waals surface area contributed by atoms with E-state index in [0.29, 0.717) is 12.3 Å². The number of halogens is 2. The standard InChI is InChI=1S/C19H20Br2N2O2/c20-15-11-16(21)19(18-14(15)7-4-9-23-18)25-12-17(24)22-10-8-13-5-2-1-3-6-13/h4-5,7,9,11H,1-3,6,8,10,12H2,(H,22,24). The van der Waals surface area contributed by atoms with Crippen LogP contribution in [0.5, 0.6) is 5.75 Å². The Kier molecular flexibility index (Phi) is 6.48. The Balaban J connectivity index is 1.57. The Morgan fingerprint density at radius 2 is 2.16 bits per heavy atom. The Morgan fingerprint density at radius 1 is 1.28 bits per heavy atom. The lowest BCUT2D eigenvalue weighted by Gasteiger charge is -2.14. The fourth-order valence-electron chi connectivity index (χ4n) is 2.97. The number of fused-ring (bicyclic) bond motifs is 1. The number of benzene rings is 1. The van der Waals surface area contributed by atoms with Crippen LogP contribution in [0.25, 0.3) is 10.9 Å². The third kappa shape index (κ3) is 4.82. The van der Waals surface area contributed by atoms with Gasteiger partial charge in [-0.25, -0.2) is 0 Å². The monoisotopic (exact) mass is 466 g/mol. The maximum atomic E-state index is 12.1. The van der Waals surface area contributed by atoms with Gasteiger partial charge in [-0.1, -0.05) is 33.6 Å². The fourth-order valence-corrected chi connectivity index (χ4v) is 4.35. The molecule has 0 bridgehead atoms. The largest absolute Gasteiger partial charge is 0.480 e. The van der Waals surface area contributed by atoms with E-state index in [1.165, 1.54) is 24.8 Å². The highest BCUT2D eigenvalue weighted by Crippen LogP contribution is 2.37. The second-order valence-corrected chi connectivity index (χ2v) is 7.77. The molecule has 1 heterocycles. The first-order chi connectivity index (χ1) is 12.1. The summed E-state index contributed by atoms with van der Waals surface area (Å²) in [6, 6.07) is 5.74. The molecule has 132 valence electrons. The number of hydrogen-bond acceptors (Lipinski definition) is 3. The highest BCUT2D eigenvalue weighted by Gasteiger charge is 2.13. The molecule has 4 nitrogen and oxygen atoms in total. The van der Waals surface area contributed by atoms with Gasteiger partial charge < -0.3 is 10.1 Å². The zero-order chi connectivity index (χ0) is 17.6. The minimum Gasteiger partial charge on any atom is -0.480 e. The first-order valence-corrected chi connectivity index (χ1v) is 10.0. The number of hydrogen-bond donors (Lipinski definition) is 1. The van der Waals surface area contributed by atoms with Crippen LogP contribution in [0.15, 0.2) is 45.0 Å². The molecule has 1 N–H and O–H groups in total. The van der Waals surface area contributed by atoms with Crippen LogP contribution in [0.1, 0.15) is 32.1 Å². The molecule has 0 aliphatic heterocycles. The van der Waals surface area contributed by atoms with Gasteiger partial charge in [-0.15, -0.1) is 0 Å². The summed E-state index contributed by atoms with van der Waals surface area (Å²) in [5, 5.41) is 3.88. The van der Waals surface area contributed by atoms with Gasteiger partial charge in [0.15, 0.2) is 12.4 Å². The average Bonchev–Trinajstić information content (AvgIpc) is 2.62. The summed E-state index contributed by atoms with van der Waals surface area (Å²) in [6.45, 7) is 0.638. The molecular weight excluding hydrogens is 448 g/mol. The predicted molar refractivity (Wildman–Crippen MR) is 107 cm³/mol. The van der Waals surface area contributed by atoms with Gasteiger partial charge in [-0.2, -0.15) is 0 Å². The summed E-state index contributed by atoms with van der Waals surface area (Å²) < 4.78 is 7.45. The van der Waals surface area contributed by atoms with E-state index in [4.69, 9.17) is 4.74 Å². The summed E-state index contributed by atoms with van der Waals surface area (Å²) in [4.78, 5) is 16.5. The lowest BCUT2D eigenvalue weighted by atomic mass is 9.97. The molecule has 0 fully saturated rings. The normalized spacial score (nSPS) is 14.2. The van der Waals surface area contributed by atoms with Crippen molar-refractivity contribution in [3.8, 4) is 5.75 Å². The SMILES string of the molecule is O=C(COc1c(Br)cc(Br)c2cccnc12)NCCC1=CCCCC1. The van der Waals surface area contributed by atoms with Gasteiger partial charge in [-0.3, -0.25) is 9.78 Å². The molecule has 0 radical (unpaired) electrons. The number of nitrogens with one attached hydrogen (secondary N) is 1. The van der Waals surface area contributed by atoms with Crippen LogP contribution in [0.2, 0.25) is 0 Å². The Morgan fingerprint density at radius 3 is 2.96 bits per heavy atom. The molecule has 1 amide bonds. The van der Waals surface area contributed by atoms with E-state index >= 15 is 0 Å². The second kappa shape index (κ2) is 8.81. The third-order valence-corrected chi connectivity index (χ3v) is 5.50. The highest BCUT2D eigenvalue weighted by atomic mass is 79.9. The zero-order valence-corrected chi connectivity index (χ0v) is 17.0. The van der Waals surface area contributed by atoms with Crippen LogP contribution in [0.3, 0.4) is 0 Å². The van der Waals surface area contributed by atoms with Crippen LogP contribution in [-0.2, 0) is 4.79 Å². The van der Waals surface area contributed by atoms with Crippen LogP contribution in [-0.4, -0.2) is 24.0 Å². The maximum Gasteiger partial charge on any atom is 0.257 e. The average molecular weight is 468 g/mol. The molecule has 1 aliphatic rings. The van der Waals surface area contributed by atoms with Crippen molar-refractivity contribution in [2.24, 2.45) is 0 Å². The van der Waals surface area contributed by atoms with Gasteiger partial charge in [0.1, 0.15) is 5.52 Å². The Bertz CT molecular complexity index is 805. The van der Waals surface area contributed by atoms with E-state index in [9.17, 15) is 4.79 Å². The molecule has 0 unspecified atom stereocenters. The second-order valence-electron chi connectivity index (χ2n) is 6.07. The lowest BCUT2D eigenvalue weighted by molar-refractivity contribution is -0.123. The number of aromatic nitrogens is 1. The molecule has 0 saturated heterocycles. The highest BCUT2D eigenvalue weighted by molar-refractivity contribution is 9.11. The third-order valence-electron chi connectivity index (χ3n) is 4.25. The van der Waals surface area contributed by atoms with Crippen LogP contribution < -0.4 is 10.1 Å². The fraction of sp³-hybridized carbons (Fsp3) is 0.368. The van der Waals surface area contributed by atoms with Crippen molar-refractivity contribution in [2.75, 3.05) is 13.2 Å². The summed E-state index contributed by atoms with van der Waals surface area (Å²) in [5.74, 6) is 0.472. The van der Waals surface area contributed by atoms with E-state index in [2.05, 4.69) is 48.2 Å². The number of pyridine rings is 1. The molecule has 1 aromatic carbocycles. The van der Waals surface area contributed by atoms with Crippen molar-refractivity contribution < 1.29 is 9.53 Å². The van der Waals surface area contributed by atoms with E-state index in [1.54, 1.807) is 6.20 Å². The van der Waals surface area contributed by atoms with E-state index < -0.39 is 0 Å². The number of amides is 1. The number of carbonyl (C=O) groups is 1. The molecule has 1 aromatic heterocycles. The van der Waals surface area contributed by atoms with Gasteiger partial charge in [-0.05, 0) is 60.2 Å². The minimum absolute atomic E-state index is 0.0229. The zero-order valence-electron chi connectivity index (χ0n) is 13.9. The van der Waals surface area contributed by atoms with Crippen LogP contribution in [0, 0.1) is 0 Å². The number of rotatable bonds is 6. The summed E-state index contributed by atoms with van der Waals surface area (Å²) in [6.07, 6.45) is 9.83. The van der Waals surface area contributed by atoms with Crippen molar-refractivity contribution in [2.45, 2.75) is 32.1 Å². The topological polar surface area (TPSA) is 51.2 Å². The van der Waals surface area contributed by atoms with Crippen molar-refractivity contribution in [3.05, 3.63) is 45.0 Å². The van der Waals surface area contributed by atoms with Crippen molar-refractivity contribution in [1.82, 2.24) is 10.3 Å². The molecule has 25 heavy (non-hydrogen) atoms. The Labute approximate surface area is 164 Å². The van der Waals surface area contributed by atoms with Gasteiger partial charge >= 0.3 is 0 Å². The first kappa shape index (κ1) is 18.4. The molecule has 3 rings (SSSR count). The summed E-state index contributed by atoms with van der Waals surface area (Å²) in [7, 11) is 0. The van der Waals surface area contributed by atoms with Crippen LogP contribution >= 0.6 is 31.9 Å². The molecule has 0 atom stereocenters. The van der Waals surface area contributed by atoms with Gasteiger partial charge in [0.2, 0.25) is 0 Å². The quantitative estimate of drug-likeness (QED) is 0.598. The van der Waals surface area contributed by atoms with E-state index in [0.717, 1.165) is 32.7 Å². The number of nitrogens with zero attached hydrogens (tertiary/aromatic N) is 1. The molecular formula is C19H20Br2N2O2. The minimum atomic E-state index is -0.115. The maximum absolute atomic E-state index is 12.1. The summed E-state index contributed by atoms with van der Waals surface area (Å²) in [5.41, 5.74) is 2.18. The molecule has 0 saturated carbocycles.